The SMILES string of the molecule is Cc1ccc(-n2c(O)c([C@@H]3NCCc4c3[nH]c3ccccc43)c(=O)[nH]c2=O)cc1Cl. The molecular formula is C22H19ClN4O3. The Balaban J connectivity index is 1.74. The number of aryl methyl sites for hydroxylation is 1. The first kappa shape index (κ1) is 18.7. The molecule has 0 spiro atoms. The Hall–Kier alpha value is -3.29. The van der Waals surface area contributed by atoms with Gasteiger partial charge in [-0.25, -0.2) is 9.36 Å². The number of aromatic nitrogens is 3. The Kier molecular flexibility index (Phi) is 4.30. The predicted molar refractivity (Wildman–Crippen MR) is 116 cm³/mol. The van der Waals surface area contributed by atoms with E-state index in [2.05, 4.69) is 15.3 Å². The average Bonchev–Trinajstić information content (AvgIpc) is 3.10. The highest BCUT2D eigenvalue weighted by atomic mass is 35.5. The Morgan fingerprint density at radius 2 is 1.93 bits per heavy atom. The summed E-state index contributed by atoms with van der Waals surface area (Å²) < 4.78 is 1.07. The third-order valence-electron chi connectivity index (χ3n) is 5.68. The highest BCUT2D eigenvalue weighted by molar-refractivity contribution is 6.31. The van der Waals surface area contributed by atoms with Gasteiger partial charge < -0.3 is 15.4 Å². The molecule has 0 bridgehead atoms. The molecule has 2 aromatic carbocycles. The van der Waals surface area contributed by atoms with E-state index in [4.69, 9.17) is 11.6 Å². The van der Waals surface area contributed by atoms with E-state index in [0.29, 0.717) is 17.3 Å². The van der Waals surface area contributed by atoms with Crippen LogP contribution in [0.2, 0.25) is 5.02 Å². The number of aromatic amines is 2. The van der Waals surface area contributed by atoms with E-state index in [-0.39, 0.29) is 5.56 Å². The minimum Gasteiger partial charge on any atom is -0.494 e. The third kappa shape index (κ3) is 2.78. The molecule has 152 valence electrons. The van der Waals surface area contributed by atoms with Crippen LogP contribution in [0.1, 0.15) is 28.4 Å². The van der Waals surface area contributed by atoms with Crippen molar-refractivity contribution in [3.05, 3.63) is 90.7 Å². The van der Waals surface area contributed by atoms with Crippen LogP contribution < -0.4 is 16.6 Å². The molecule has 0 aliphatic carbocycles. The summed E-state index contributed by atoms with van der Waals surface area (Å²) in [6.45, 7) is 2.48. The lowest BCUT2D eigenvalue weighted by molar-refractivity contribution is 0.410. The topological polar surface area (TPSA) is 103 Å². The van der Waals surface area contributed by atoms with Crippen LogP contribution in [0.15, 0.2) is 52.1 Å². The molecule has 0 saturated heterocycles. The van der Waals surface area contributed by atoms with Gasteiger partial charge in [-0.15, -0.1) is 0 Å². The van der Waals surface area contributed by atoms with Crippen molar-refractivity contribution in [2.45, 2.75) is 19.4 Å². The maximum absolute atomic E-state index is 12.8. The molecule has 7 nitrogen and oxygen atoms in total. The van der Waals surface area contributed by atoms with Gasteiger partial charge in [0.1, 0.15) is 5.56 Å². The molecule has 0 amide bonds. The van der Waals surface area contributed by atoms with E-state index in [9.17, 15) is 14.7 Å². The zero-order chi connectivity index (χ0) is 21.0. The van der Waals surface area contributed by atoms with Crippen LogP contribution in [0.5, 0.6) is 5.88 Å². The molecule has 4 aromatic rings. The minimum atomic E-state index is -0.728. The van der Waals surface area contributed by atoms with Gasteiger partial charge in [-0.05, 0) is 42.7 Å². The third-order valence-corrected chi connectivity index (χ3v) is 6.09. The van der Waals surface area contributed by atoms with Crippen LogP contribution in [0.25, 0.3) is 16.6 Å². The number of aromatic hydroxyl groups is 1. The summed E-state index contributed by atoms with van der Waals surface area (Å²) in [5, 5.41) is 15.9. The summed E-state index contributed by atoms with van der Waals surface area (Å²) in [7, 11) is 0. The Morgan fingerprint density at radius 1 is 1.13 bits per heavy atom. The van der Waals surface area contributed by atoms with Gasteiger partial charge in [-0.1, -0.05) is 35.9 Å². The molecule has 5 rings (SSSR count). The Morgan fingerprint density at radius 3 is 2.73 bits per heavy atom. The largest absolute Gasteiger partial charge is 0.494 e. The van der Waals surface area contributed by atoms with Gasteiger partial charge >= 0.3 is 5.69 Å². The highest BCUT2D eigenvalue weighted by Crippen LogP contribution is 2.35. The van der Waals surface area contributed by atoms with Gasteiger partial charge in [0.25, 0.3) is 5.56 Å². The molecule has 30 heavy (non-hydrogen) atoms. The summed E-state index contributed by atoms with van der Waals surface area (Å²) in [6.07, 6.45) is 0.793. The Labute approximate surface area is 176 Å². The molecule has 2 aromatic heterocycles. The van der Waals surface area contributed by atoms with Gasteiger partial charge in [-0.3, -0.25) is 9.78 Å². The lowest BCUT2D eigenvalue weighted by atomic mass is 9.95. The summed E-state index contributed by atoms with van der Waals surface area (Å²) in [5.74, 6) is -0.410. The number of hydrogen-bond donors (Lipinski definition) is 4. The fourth-order valence-electron chi connectivity index (χ4n) is 4.19. The fraction of sp³-hybridized carbons (Fsp3) is 0.182. The maximum atomic E-state index is 12.8. The quantitative estimate of drug-likeness (QED) is 0.399. The molecule has 1 aliphatic rings. The standard InChI is InChI=1S/C22H19ClN4O3/c1-11-6-7-12(10-15(11)23)27-21(29)17(20(28)26-22(27)30)19-18-14(8-9-24-19)13-4-2-3-5-16(13)25-18/h2-7,10,19,24-25,29H,8-9H2,1H3,(H,26,28,30)/t19-/m0/s1. The van der Waals surface area contributed by atoms with Crippen molar-refractivity contribution in [3.8, 4) is 11.6 Å². The lowest BCUT2D eigenvalue weighted by Crippen LogP contribution is -2.38. The molecule has 0 radical (unpaired) electrons. The normalized spacial score (nSPS) is 16.0. The molecule has 1 atom stereocenters. The highest BCUT2D eigenvalue weighted by Gasteiger charge is 2.31. The number of halogens is 1. The van der Waals surface area contributed by atoms with Gasteiger partial charge in [-0.2, -0.15) is 0 Å². The molecule has 0 fully saturated rings. The predicted octanol–water partition coefficient (Wildman–Crippen LogP) is 2.91. The number of para-hydroxylation sites is 1. The van der Waals surface area contributed by atoms with Crippen LogP contribution in [0.4, 0.5) is 0 Å². The number of benzene rings is 2. The van der Waals surface area contributed by atoms with Crippen molar-refractivity contribution in [2.24, 2.45) is 0 Å². The van der Waals surface area contributed by atoms with E-state index >= 15 is 0 Å². The van der Waals surface area contributed by atoms with Crippen molar-refractivity contribution in [3.63, 3.8) is 0 Å². The second-order valence-electron chi connectivity index (χ2n) is 7.47. The first-order valence-electron chi connectivity index (χ1n) is 9.63. The van der Waals surface area contributed by atoms with Gasteiger partial charge in [0.2, 0.25) is 5.88 Å². The average molecular weight is 423 g/mol. The van der Waals surface area contributed by atoms with Crippen molar-refractivity contribution in [1.82, 2.24) is 19.9 Å². The fourth-order valence-corrected chi connectivity index (χ4v) is 4.36. The maximum Gasteiger partial charge on any atom is 0.335 e. The second kappa shape index (κ2) is 6.90. The molecule has 4 N–H and O–H groups in total. The first-order valence-corrected chi connectivity index (χ1v) is 10.0. The van der Waals surface area contributed by atoms with Crippen LogP contribution in [-0.2, 0) is 6.42 Å². The second-order valence-corrected chi connectivity index (χ2v) is 7.87. The molecule has 0 saturated carbocycles. The van der Waals surface area contributed by atoms with Crippen molar-refractivity contribution in [1.29, 1.82) is 0 Å². The van der Waals surface area contributed by atoms with Gasteiger partial charge in [0.05, 0.1) is 11.7 Å². The zero-order valence-electron chi connectivity index (χ0n) is 16.1. The summed E-state index contributed by atoms with van der Waals surface area (Å²) in [4.78, 5) is 31.0. The number of rotatable bonds is 2. The molecule has 8 heteroatoms. The van der Waals surface area contributed by atoms with Crippen LogP contribution >= 0.6 is 11.6 Å². The molecular weight excluding hydrogens is 404 g/mol. The van der Waals surface area contributed by atoms with Crippen molar-refractivity contribution >= 4 is 22.5 Å². The summed E-state index contributed by atoms with van der Waals surface area (Å²) >= 11 is 6.21. The van der Waals surface area contributed by atoms with E-state index in [1.54, 1.807) is 18.2 Å². The van der Waals surface area contributed by atoms with Crippen LogP contribution in [0, 0.1) is 6.92 Å². The van der Waals surface area contributed by atoms with Crippen LogP contribution in [0.3, 0.4) is 0 Å². The molecule has 3 heterocycles. The summed E-state index contributed by atoms with van der Waals surface area (Å²) in [6, 6.07) is 12.4. The van der Waals surface area contributed by atoms with Crippen molar-refractivity contribution in [2.75, 3.05) is 6.54 Å². The van der Waals surface area contributed by atoms with Gasteiger partial charge in [0.15, 0.2) is 0 Å². The molecule has 1 aliphatic heterocycles. The van der Waals surface area contributed by atoms with E-state index in [1.165, 1.54) is 0 Å². The van der Waals surface area contributed by atoms with E-state index in [0.717, 1.165) is 38.7 Å². The monoisotopic (exact) mass is 422 g/mol. The number of nitrogens with one attached hydrogen (secondary N) is 3. The number of hydrogen-bond acceptors (Lipinski definition) is 4. The van der Waals surface area contributed by atoms with E-state index < -0.39 is 23.2 Å². The van der Waals surface area contributed by atoms with Crippen molar-refractivity contribution < 1.29 is 5.11 Å². The molecule has 0 unspecified atom stereocenters. The number of H-pyrrole nitrogens is 2. The van der Waals surface area contributed by atoms with Crippen LogP contribution in [-0.4, -0.2) is 26.2 Å². The Bertz CT molecular complexity index is 1420. The number of nitrogens with zero attached hydrogens (tertiary/aromatic N) is 1. The lowest BCUT2D eigenvalue weighted by Gasteiger charge is -2.25. The summed E-state index contributed by atoms with van der Waals surface area (Å²) in [5.41, 5.74) is 2.82. The van der Waals surface area contributed by atoms with Gasteiger partial charge in [0, 0.05) is 28.2 Å². The first-order chi connectivity index (χ1) is 14.5. The van der Waals surface area contributed by atoms with E-state index in [1.807, 2.05) is 31.2 Å². The number of fused-ring (bicyclic) bond motifs is 3. The zero-order valence-corrected chi connectivity index (χ0v) is 16.9. The smallest absolute Gasteiger partial charge is 0.335 e. The minimum absolute atomic E-state index is 0.0822.